The lowest BCUT2D eigenvalue weighted by molar-refractivity contribution is -0.139. The highest BCUT2D eigenvalue weighted by Crippen LogP contribution is 2.31. The van der Waals surface area contributed by atoms with Crippen LogP contribution in [0.2, 0.25) is 0 Å². The summed E-state index contributed by atoms with van der Waals surface area (Å²) in [5.41, 5.74) is -0.00361. The molecule has 2 rings (SSSR count). The molecule has 1 amide bonds. The lowest BCUT2D eigenvalue weighted by atomic mass is 9.74. The highest BCUT2D eigenvalue weighted by Gasteiger charge is 2.39. The Morgan fingerprint density at radius 2 is 1.75 bits per heavy atom. The summed E-state index contributed by atoms with van der Waals surface area (Å²) < 4.78 is 5.21. The predicted molar refractivity (Wildman–Crippen MR) is 147 cm³/mol. The number of nitrogens with zero attached hydrogens (tertiary/aromatic N) is 1. The molecular weight excluding hydrogens is 452 g/mol. The van der Waals surface area contributed by atoms with Crippen molar-refractivity contribution in [1.29, 1.82) is 0 Å². The van der Waals surface area contributed by atoms with Gasteiger partial charge >= 0.3 is 0 Å². The van der Waals surface area contributed by atoms with Crippen LogP contribution in [0.1, 0.15) is 105 Å². The Morgan fingerprint density at radius 1 is 1.08 bits per heavy atom. The normalized spacial score (nSPS) is 27.0. The average molecular weight is 503 g/mol. The lowest BCUT2D eigenvalue weighted by Gasteiger charge is -2.32. The lowest BCUT2D eigenvalue weighted by Crippen LogP contribution is -2.43. The minimum absolute atomic E-state index is 0.00622. The number of Topliss-reactive ketones (excluding diaryl/α,β-unsaturated/α-hetero) is 1. The third kappa shape index (κ3) is 11.7. The molecule has 0 aromatic carbocycles. The standard InChI is InChI=1S/C20H37NO3.C10H13NO/c1-14-9-7-6-8-10-15(2)13-21-18(23)12-17(22)20(4,5)19(24)16(3)11-14;1-3-5-7-10-11-9(6-4-2)8-12-10/h14-17,22H,6-13H2,1-5H3,(H,21,23);3-6,8H,7H2,1-2H3/b;5-3-,6-4-/t14?,15-,16?,17?;/m0./s1. The zero-order chi connectivity index (χ0) is 27.1. The molecule has 4 atom stereocenters. The van der Waals surface area contributed by atoms with E-state index in [1.165, 1.54) is 19.3 Å². The van der Waals surface area contributed by atoms with Crippen LogP contribution in [-0.2, 0) is 16.0 Å². The van der Waals surface area contributed by atoms with Gasteiger partial charge in [0.05, 0.1) is 17.9 Å². The summed E-state index contributed by atoms with van der Waals surface area (Å²) in [5.74, 6) is 1.55. The van der Waals surface area contributed by atoms with Crippen LogP contribution in [0, 0.1) is 23.2 Å². The zero-order valence-electron chi connectivity index (χ0n) is 23.7. The number of allylic oxidation sites excluding steroid dienone is 3. The van der Waals surface area contributed by atoms with Crippen molar-refractivity contribution in [3.05, 3.63) is 36.1 Å². The van der Waals surface area contributed by atoms with Crippen LogP contribution in [-0.4, -0.2) is 34.4 Å². The van der Waals surface area contributed by atoms with E-state index in [0.717, 1.165) is 37.3 Å². The number of oxazole rings is 1. The van der Waals surface area contributed by atoms with Gasteiger partial charge in [0.15, 0.2) is 5.89 Å². The first-order chi connectivity index (χ1) is 17.0. The third-order valence-corrected chi connectivity index (χ3v) is 7.03. The summed E-state index contributed by atoms with van der Waals surface area (Å²) in [7, 11) is 0. The smallest absolute Gasteiger partial charge is 0.222 e. The van der Waals surface area contributed by atoms with Gasteiger partial charge in [-0.05, 0) is 44.6 Å². The summed E-state index contributed by atoms with van der Waals surface area (Å²) in [6.45, 7) is 14.4. The van der Waals surface area contributed by atoms with Gasteiger partial charge < -0.3 is 14.8 Å². The molecule has 1 saturated heterocycles. The van der Waals surface area contributed by atoms with Crippen molar-refractivity contribution in [2.24, 2.45) is 23.2 Å². The molecule has 2 heterocycles. The van der Waals surface area contributed by atoms with Gasteiger partial charge in [-0.25, -0.2) is 4.98 Å². The molecule has 1 aromatic heterocycles. The highest BCUT2D eigenvalue weighted by molar-refractivity contribution is 5.87. The first kappa shape index (κ1) is 31.8. The second-order valence-electron chi connectivity index (χ2n) is 11.0. The van der Waals surface area contributed by atoms with Crippen molar-refractivity contribution >= 4 is 17.8 Å². The van der Waals surface area contributed by atoms with Crippen molar-refractivity contribution in [1.82, 2.24) is 10.3 Å². The molecule has 3 unspecified atom stereocenters. The second-order valence-corrected chi connectivity index (χ2v) is 11.0. The van der Waals surface area contributed by atoms with Crippen molar-refractivity contribution in [2.75, 3.05) is 6.54 Å². The van der Waals surface area contributed by atoms with Crippen molar-refractivity contribution in [3.8, 4) is 0 Å². The molecule has 0 radical (unpaired) electrons. The number of aliphatic hydroxyl groups is 1. The first-order valence-corrected chi connectivity index (χ1v) is 13.7. The van der Waals surface area contributed by atoms with Crippen LogP contribution < -0.4 is 5.32 Å². The topological polar surface area (TPSA) is 92.4 Å². The predicted octanol–water partition coefficient (Wildman–Crippen LogP) is 6.54. The Bertz CT molecular complexity index is 840. The number of aromatic nitrogens is 1. The molecule has 0 spiro atoms. The largest absolute Gasteiger partial charge is 0.448 e. The fourth-order valence-corrected chi connectivity index (χ4v) is 4.57. The summed E-state index contributed by atoms with van der Waals surface area (Å²) in [6.07, 6.45) is 16.1. The monoisotopic (exact) mass is 502 g/mol. The summed E-state index contributed by atoms with van der Waals surface area (Å²) in [4.78, 5) is 29.1. The van der Waals surface area contributed by atoms with E-state index in [-0.39, 0.29) is 24.0 Å². The molecule has 0 bridgehead atoms. The number of nitrogens with one attached hydrogen (secondary N) is 1. The Balaban J connectivity index is 0.000000450. The molecule has 0 saturated carbocycles. The minimum atomic E-state index is -0.939. The molecule has 2 N–H and O–H groups in total. The summed E-state index contributed by atoms with van der Waals surface area (Å²) in [6, 6.07) is 0. The number of aliphatic hydroxyl groups excluding tert-OH is 1. The minimum Gasteiger partial charge on any atom is -0.448 e. The molecule has 1 fully saturated rings. The molecular formula is C30H50N2O4. The van der Waals surface area contributed by atoms with E-state index in [9.17, 15) is 14.7 Å². The van der Waals surface area contributed by atoms with E-state index in [2.05, 4.69) is 24.1 Å². The van der Waals surface area contributed by atoms with E-state index in [4.69, 9.17) is 4.42 Å². The molecule has 36 heavy (non-hydrogen) atoms. The highest BCUT2D eigenvalue weighted by atomic mass is 16.3. The maximum Gasteiger partial charge on any atom is 0.222 e. The maximum atomic E-state index is 12.8. The van der Waals surface area contributed by atoms with Gasteiger partial charge in [0.25, 0.3) is 0 Å². The fraction of sp³-hybridized carbons (Fsp3) is 0.700. The summed E-state index contributed by atoms with van der Waals surface area (Å²) in [5, 5.41) is 13.4. The SMILES string of the molecule is C/C=C\Cc1nc(/C=C\C)co1.CC1CCCCC[C@H](C)CNC(=O)CC(O)C(C)(C)C(=O)C(C)C1. The van der Waals surface area contributed by atoms with Crippen LogP contribution in [0.5, 0.6) is 0 Å². The number of ketones is 1. The number of hydrogen-bond acceptors (Lipinski definition) is 5. The van der Waals surface area contributed by atoms with Crippen LogP contribution >= 0.6 is 0 Å². The third-order valence-electron chi connectivity index (χ3n) is 7.03. The number of carbonyl (C=O) groups is 2. The Morgan fingerprint density at radius 3 is 2.39 bits per heavy atom. The van der Waals surface area contributed by atoms with Crippen molar-refractivity contribution in [2.45, 2.75) is 106 Å². The van der Waals surface area contributed by atoms with Gasteiger partial charge in [0, 0.05) is 18.9 Å². The number of amides is 1. The number of hydrogen-bond donors (Lipinski definition) is 2. The molecule has 1 aliphatic rings. The van der Waals surface area contributed by atoms with Crippen molar-refractivity contribution < 1.29 is 19.1 Å². The van der Waals surface area contributed by atoms with Crippen molar-refractivity contribution in [3.63, 3.8) is 0 Å². The quantitative estimate of drug-likeness (QED) is 0.458. The second kappa shape index (κ2) is 16.5. The van der Waals surface area contributed by atoms with E-state index in [1.54, 1.807) is 20.1 Å². The zero-order valence-corrected chi connectivity index (χ0v) is 23.7. The first-order valence-electron chi connectivity index (χ1n) is 13.7. The maximum absolute atomic E-state index is 12.8. The molecule has 1 aromatic rings. The van der Waals surface area contributed by atoms with Gasteiger partial charge in [0.1, 0.15) is 17.7 Å². The van der Waals surface area contributed by atoms with Crippen LogP contribution in [0.15, 0.2) is 28.9 Å². The van der Waals surface area contributed by atoms with Gasteiger partial charge in [-0.1, -0.05) is 78.5 Å². The van der Waals surface area contributed by atoms with Crippen LogP contribution in [0.4, 0.5) is 0 Å². The van der Waals surface area contributed by atoms with E-state index >= 15 is 0 Å². The fourth-order valence-electron chi connectivity index (χ4n) is 4.57. The van der Waals surface area contributed by atoms with Crippen LogP contribution in [0.25, 0.3) is 6.08 Å². The average Bonchev–Trinajstić information content (AvgIpc) is 3.28. The number of carbonyl (C=O) groups excluding carboxylic acids is 2. The molecule has 204 valence electrons. The Hall–Kier alpha value is -2.21. The van der Waals surface area contributed by atoms with Crippen LogP contribution in [0.3, 0.4) is 0 Å². The molecule has 1 aliphatic heterocycles. The van der Waals surface area contributed by atoms with Gasteiger partial charge in [-0.2, -0.15) is 0 Å². The van der Waals surface area contributed by atoms with Gasteiger partial charge in [0.2, 0.25) is 5.91 Å². The Kier molecular flexibility index (Phi) is 14.6. The summed E-state index contributed by atoms with van der Waals surface area (Å²) >= 11 is 0. The van der Waals surface area contributed by atoms with E-state index < -0.39 is 11.5 Å². The van der Waals surface area contributed by atoms with Gasteiger partial charge in [-0.3, -0.25) is 9.59 Å². The molecule has 6 nitrogen and oxygen atoms in total. The Labute approximate surface area is 219 Å². The number of rotatable bonds is 3. The molecule has 6 heteroatoms. The van der Waals surface area contributed by atoms with E-state index in [1.807, 2.05) is 45.1 Å². The van der Waals surface area contributed by atoms with Gasteiger partial charge in [-0.15, -0.1) is 0 Å². The molecule has 0 aliphatic carbocycles. The van der Waals surface area contributed by atoms with E-state index in [0.29, 0.717) is 18.4 Å².